The lowest BCUT2D eigenvalue weighted by molar-refractivity contribution is -0.196. The van der Waals surface area contributed by atoms with E-state index in [9.17, 15) is 15.0 Å². The lowest BCUT2D eigenvalue weighted by atomic mass is 9.44. The maximum atomic E-state index is 14.2. The number of Topliss-reactive ketones (excluding diaryl/α,β-unsaturated/α-hetero) is 1. The van der Waals surface area contributed by atoms with Gasteiger partial charge in [0.1, 0.15) is 11.2 Å². The standard InChI is InChI=1S/C28H44O4/c1-16(2)17(3)7-8-18(4)20-9-10-22-25(20,5)13-12-21-23-27(32-23)15-19(29)11-14-26(27,6)24(30)28(21,22)31/h7-8,16-23,29,31H,9-15H2,1-6H3/t17-,18+,19-,20+,21+,22+,23-,25+,26+,27-,28+/m0/s1. The summed E-state index contributed by atoms with van der Waals surface area (Å²) in [6.45, 7) is 13.5. The van der Waals surface area contributed by atoms with Crippen LogP contribution in [0, 0.1) is 46.3 Å². The molecule has 2 N–H and O–H groups in total. The highest BCUT2D eigenvalue weighted by Crippen LogP contribution is 2.73. The van der Waals surface area contributed by atoms with Gasteiger partial charge in [-0.15, -0.1) is 0 Å². The van der Waals surface area contributed by atoms with Gasteiger partial charge in [-0.1, -0.05) is 46.8 Å². The first-order valence-corrected chi connectivity index (χ1v) is 13.2. The van der Waals surface area contributed by atoms with E-state index in [1.54, 1.807) is 0 Å². The molecule has 1 aliphatic heterocycles. The number of allylic oxidation sites excluding steroid dienone is 2. The lowest BCUT2D eigenvalue weighted by Crippen LogP contribution is -2.71. The third-order valence-corrected chi connectivity index (χ3v) is 11.3. The van der Waals surface area contributed by atoms with Gasteiger partial charge in [-0.3, -0.25) is 4.79 Å². The normalized spacial score (nSPS) is 54.0. The maximum absolute atomic E-state index is 14.2. The third-order valence-electron chi connectivity index (χ3n) is 11.3. The Morgan fingerprint density at radius 3 is 2.44 bits per heavy atom. The van der Waals surface area contributed by atoms with Gasteiger partial charge in [-0.2, -0.15) is 0 Å². The highest BCUT2D eigenvalue weighted by molar-refractivity contribution is 5.96. The lowest BCUT2D eigenvalue weighted by Gasteiger charge is -2.59. The minimum Gasteiger partial charge on any atom is -0.393 e. The van der Waals surface area contributed by atoms with Gasteiger partial charge in [-0.25, -0.2) is 0 Å². The zero-order valence-electron chi connectivity index (χ0n) is 20.9. The fraction of sp³-hybridized carbons (Fsp3) is 0.893. The van der Waals surface area contributed by atoms with Crippen LogP contribution in [0.15, 0.2) is 12.2 Å². The molecule has 11 atom stereocenters. The molecule has 4 saturated carbocycles. The summed E-state index contributed by atoms with van der Waals surface area (Å²) < 4.78 is 6.34. The van der Waals surface area contributed by atoms with Crippen LogP contribution in [0.2, 0.25) is 0 Å². The highest BCUT2D eigenvalue weighted by Gasteiger charge is 2.83. The molecule has 5 rings (SSSR count). The van der Waals surface area contributed by atoms with E-state index in [1.807, 2.05) is 6.92 Å². The Morgan fingerprint density at radius 2 is 1.75 bits per heavy atom. The molecular formula is C28H44O4. The van der Waals surface area contributed by atoms with Crippen LogP contribution in [0.5, 0.6) is 0 Å². The first-order chi connectivity index (χ1) is 14.9. The summed E-state index contributed by atoms with van der Waals surface area (Å²) in [6, 6.07) is 0. The van der Waals surface area contributed by atoms with E-state index in [4.69, 9.17) is 4.74 Å². The van der Waals surface area contributed by atoms with Crippen LogP contribution in [0.4, 0.5) is 0 Å². The summed E-state index contributed by atoms with van der Waals surface area (Å²) in [5.74, 6) is 2.06. The number of ketones is 1. The summed E-state index contributed by atoms with van der Waals surface area (Å²) in [6.07, 6.45) is 10.0. The number of aliphatic hydroxyl groups is 2. The quantitative estimate of drug-likeness (QED) is 0.477. The van der Waals surface area contributed by atoms with E-state index < -0.39 is 22.7 Å². The topological polar surface area (TPSA) is 70.1 Å². The van der Waals surface area contributed by atoms with Gasteiger partial charge in [0.2, 0.25) is 0 Å². The summed E-state index contributed by atoms with van der Waals surface area (Å²) >= 11 is 0. The number of carbonyl (C=O) groups is 1. The first-order valence-electron chi connectivity index (χ1n) is 13.2. The number of rotatable bonds is 4. The molecule has 0 aromatic rings. The molecule has 1 heterocycles. The summed E-state index contributed by atoms with van der Waals surface area (Å²) in [7, 11) is 0. The third kappa shape index (κ3) is 2.75. The van der Waals surface area contributed by atoms with Crippen molar-refractivity contribution in [3.05, 3.63) is 12.2 Å². The summed E-state index contributed by atoms with van der Waals surface area (Å²) in [5, 5.41) is 22.7. The molecule has 1 saturated heterocycles. The van der Waals surface area contributed by atoms with Crippen LogP contribution in [0.1, 0.15) is 86.5 Å². The van der Waals surface area contributed by atoms with Crippen LogP contribution in [-0.2, 0) is 9.53 Å². The molecule has 180 valence electrons. The van der Waals surface area contributed by atoms with Crippen LogP contribution < -0.4 is 0 Å². The smallest absolute Gasteiger partial charge is 0.173 e. The Kier molecular flexibility index (Phi) is 5.15. The second-order valence-electron chi connectivity index (χ2n) is 13.0. The van der Waals surface area contributed by atoms with Crippen molar-refractivity contribution in [2.45, 2.75) is 110 Å². The molecule has 4 heteroatoms. The molecule has 4 nitrogen and oxygen atoms in total. The zero-order chi connectivity index (χ0) is 23.3. The Bertz CT molecular complexity index is 820. The van der Waals surface area contributed by atoms with Crippen LogP contribution in [-0.4, -0.2) is 39.4 Å². The number of hydrogen-bond donors (Lipinski definition) is 2. The second-order valence-corrected chi connectivity index (χ2v) is 13.0. The molecule has 4 aliphatic carbocycles. The van der Waals surface area contributed by atoms with Gasteiger partial charge < -0.3 is 14.9 Å². The predicted octanol–water partition coefficient (Wildman–Crippen LogP) is 4.92. The maximum Gasteiger partial charge on any atom is 0.173 e. The van der Waals surface area contributed by atoms with Crippen molar-refractivity contribution in [2.24, 2.45) is 46.3 Å². The van der Waals surface area contributed by atoms with Crippen molar-refractivity contribution >= 4 is 5.78 Å². The number of aliphatic hydroxyl groups excluding tert-OH is 1. The number of carbonyl (C=O) groups excluding carboxylic acids is 1. The van der Waals surface area contributed by atoms with Gasteiger partial charge >= 0.3 is 0 Å². The average Bonchev–Trinajstić information content (AvgIpc) is 3.32. The number of hydrogen-bond acceptors (Lipinski definition) is 4. The molecule has 5 aliphatic rings. The molecule has 0 bridgehead atoms. The van der Waals surface area contributed by atoms with Crippen LogP contribution in [0.3, 0.4) is 0 Å². The highest BCUT2D eigenvalue weighted by atomic mass is 16.6. The largest absolute Gasteiger partial charge is 0.393 e. The molecule has 0 aromatic carbocycles. The van der Waals surface area contributed by atoms with Crippen molar-refractivity contribution in [2.75, 3.05) is 0 Å². The number of fused-ring (bicyclic) bond motifs is 4. The monoisotopic (exact) mass is 444 g/mol. The first kappa shape index (κ1) is 23.1. The molecule has 1 spiro atoms. The molecule has 32 heavy (non-hydrogen) atoms. The van der Waals surface area contributed by atoms with E-state index in [-0.39, 0.29) is 29.1 Å². The van der Waals surface area contributed by atoms with Crippen molar-refractivity contribution in [1.29, 1.82) is 0 Å². The van der Waals surface area contributed by atoms with Gasteiger partial charge in [0.15, 0.2) is 5.78 Å². The Morgan fingerprint density at radius 1 is 1.03 bits per heavy atom. The van der Waals surface area contributed by atoms with E-state index in [0.717, 1.165) is 25.7 Å². The molecule has 0 aromatic heterocycles. The van der Waals surface area contributed by atoms with Crippen LogP contribution in [0.25, 0.3) is 0 Å². The molecule has 0 radical (unpaired) electrons. The molecule has 0 unspecified atom stereocenters. The average molecular weight is 445 g/mol. The molecular weight excluding hydrogens is 400 g/mol. The van der Waals surface area contributed by atoms with Crippen molar-refractivity contribution in [1.82, 2.24) is 0 Å². The predicted molar refractivity (Wildman–Crippen MR) is 125 cm³/mol. The Labute approximate surface area is 194 Å². The van der Waals surface area contributed by atoms with E-state index in [0.29, 0.717) is 42.9 Å². The number of epoxide rings is 1. The van der Waals surface area contributed by atoms with Crippen molar-refractivity contribution < 1.29 is 19.7 Å². The number of ether oxygens (including phenoxy) is 1. The van der Waals surface area contributed by atoms with Crippen molar-refractivity contribution in [3.8, 4) is 0 Å². The zero-order valence-corrected chi connectivity index (χ0v) is 20.9. The SMILES string of the molecule is CC(C)[C@@H](C)C=C[C@@H](C)[C@H]1CC[C@@H]2[C@]1(C)CC[C@@H]1[C@@H]3O[C@@]34C[C@@H](O)CC[C@]4(C)C(=O)[C@@]12O. The van der Waals surface area contributed by atoms with E-state index >= 15 is 0 Å². The van der Waals surface area contributed by atoms with Gasteiger partial charge in [0.25, 0.3) is 0 Å². The summed E-state index contributed by atoms with van der Waals surface area (Å²) in [4.78, 5) is 14.2. The van der Waals surface area contributed by atoms with E-state index in [1.165, 1.54) is 0 Å². The van der Waals surface area contributed by atoms with E-state index in [2.05, 4.69) is 46.8 Å². The molecule has 5 fully saturated rings. The minimum absolute atomic E-state index is 0.00972. The second kappa shape index (κ2) is 7.15. The minimum atomic E-state index is -1.28. The Balaban J connectivity index is 1.45. The van der Waals surface area contributed by atoms with Gasteiger partial charge in [-0.05, 0) is 74.5 Å². The van der Waals surface area contributed by atoms with Crippen LogP contribution >= 0.6 is 0 Å². The van der Waals surface area contributed by atoms with Gasteiger partial charge in [0.05, 0.1) is 17.6 Å². The van der Waals surface area contributed by atoms with Gasteiger partial charge in [0, 0.05) is 18.3 Å². The Hall–Kier alpha value is -0.710. The summed E-state index contributed by atoms with van der Waals surface area (Å²) in [5.41, 5.74) is -2.51. The van der Waals surface area contributed by atoms with Crippen molar-refractivity contribution in [3.63, 3.8) is 0 Å². The fourth-order valence-corrected chi connectivity index (χ4v) is 8.87. The fourth-order valence-electron chi connectivity index (χ4n) is 8.87. The molecule has 0 amide bonds.